The van der Waals surface area contributed by atoms with E-state index in [9.17, 15) is 4.79 Å². The number of likely N-dealkylation sites (tertiary alicyclic amines) is 1. The van der Waals surface area contributed by atoms with Gasteiger partial charge in [-0.2, -0.15) is 0 Å². The van der Waals surface area contributed by atoms with Gasteiger partial charge >= 0.3 is 0 Å². The number of piperidine rings is 1. The highest BCUT2D eigenvalue weighted by Crippen LogP contribution is 2.22. The largest absolute Gasteiger partial charge is 0.342 e. The van der Waals surface area contributed by atoms with Crippen molar-refractivity contribution < 1.29 is 4.79 Å². The average molecular weight is 169 g/mol. The zero-order valence-electron chi connectivity index (χ0n) is 7.39. The second kappa shape index (κ2) is 2.71. The van der Waals surface area contributed by atoms with E-state index in [1.165, 1.54) is 0 Å². The molecule has 12 heavy (non-hydrogen) atoms. The lowest BCUT2D eigenvalue weighted by molar-refractivity contribution is -0.125. The first-order valence-electron chi connectivity index (χ1n) is 4.45. The Kier molecular flexibility index (Phi) is 1.81. The Bertz CT molecular complexity index is 206. The van der Waals surface area contributed by atoms with Gasteiger partial charge in [0, 0.05) is 6.54 Å². The molecule has 2 aliphatic heterocycles. The monoisotopic (exact) mass is 169 g/mol. The predicted octanol–water partition coefficient (Wildman–Crippen LogP) is -0.872. The van der Waals surface area contributed by atoms with E-state index in [0.29, 0.717) is 6.67 Å². The summed E-state index contributed by atoms with van der Waals surface area (Å²) in [4.78, 5) is 13.7. The van der Waals surface area contributed by atoms with Crippen LogP contribution in [-0.2, 0) is 4.79 Å². The molecule has 1 spiro atoms. The fourth-order valence-electron chi connectivity index (χ4n) is 2.14. The van der Waals surface area contributed by atoms with Crippen molar-refractivity contribution in [3.05, 3.63) is 0 Å². The van der Waals surface area contributed by atoms with Crippen LogP contribution >= 0.6 is 0 Å². The van der Waals surface area contributed by atoms with E-state index in [-0.39, 0.29) is 11.4 Å². The average Bonchev–Trinajstić information content (AvgIpc) is 2.33. The predicted molar refractivity (Wildman–Crippen MR) is 45.6 cm³/mol. The summed E-state index contributed by atoms with van der Waals surface area (Å²) in [5.41, 5.74) is -0.271. The van der Waals surface area contributed by atoms with Crippen LogP contribution in [0, 0.1) is 0 Å². The standard InChI is InChI=1S/C8H15N3O/c1-11-4-2-3-8(5-11)7(12)9-6-10-8/h10H,2-6H2,1H3,(H,9,12). The van der Waals surface area contributed by atoms with Gasteiger partial charge < -0.3 is 10.2 Å². The fraction of sp³-hybridized carbons (Fsp3) is 0.875. The Hall–Kier alpha value is -0.610. The number of carbonyl (C=O) groups is 1. The zero-order valence-corrected chi connectivity index (χ0v) is 7.39. The third kappa shape index (κ3) is 1.11. The Morgan fingerprint density at radius 2 is 2.42 bits per heavy atom. The first-order valence-corrected chi connectivity index (χ1v) is 4.45. The minimum atomic E-state index is -0.271. The summed E-state index contributed by atoms with van der Waals surface area (Å²) in [6, 6.07) is 0. The number of nitrogens with one attached hydrogen (secondary N) is 2. The molecule has 2 rings (SSSR count). The van der Waals surface area contributed by atoms with Crippen molar-refractivity contribution >= 4 is 5.91 Å². The van der Waals surface area contributed by atoms with E-state index in [1.807, 2.05) is 0 Å². The molecule has 0 radical (unpaired) electrons. The van der Waals surface area contributed by atoms with Crippen molar-refractivity contribution in [2.45, 2.75) is 18.4 Å². The third-order valence-corrected chi connectivity index (χ3v) is 2.79. The maximum Gasteiger partial charge on any atom is 0.242 e. The molecule has 0 aromatic carbocycles. The lowest BCUT2D eigenvalue weighted by Crippen LogP contribution is -2.57. The summed E-state index contributed by atoms with van der Waals surface area (Å²) in [7, 11) is 2.06. The number of carbonyl (C=O) groups excluding carboxylic acids is 1. The molecule has 2 fully saturated rings. The van der Waals surface area contributed by atoms with E-state index in [0.717, 1.165) is 25.9 Å². The molecule has 2 N–H and O–H groups in total. The molecule has 68 valence electrons. The number of likely N-dealkylation sites (N-methyl/N-ethyl adjacent to an activating group) is 1. The zero-order chi connectivity index (χ0) is 8.60. The van der Waals surface area contributed by atoms with Gasteiger partial charge in [-0.25, -0.2) is 0 Å². The molecule has 0 aromatic rings. The molecule has 0 aliphatic carbocycles. The summed E-state index contributed by atoms with van der Waals surface area (Å²) in [5, 5.41) is 6.07. The lowest BCUT2D eigenvalue weighted by atomic mass is 9.89. The van der Waals surface area contributed by atoms with E-state index in [1.54, 1.807) is 0 Å². The van der Waals surface area contributed by atoms with Crippen LogP contribution in [0.1, 0.15) is 12.8 Å². The first kappa shape index (κ1) is 8.01. The molecular weight excluding hydrogens is 154 g/mol. The Morgan fingerprint density at radius 1 is 1.58 bits per heavy atom. The van der Waals surface area contributed by atoms with Gasteiger partial charge in [-0.15, -0.1) is 0 Å². The summed E-state index contributed by atoms with van der Waals surface area (Å²) in [5.74, 6) is 0.175. The fourth-order valence-corrected chi connectivity index (χ4v) is 2.14. The van der Waals surface area contributed by atoms with Crippen LogP contribution < -0.4 is 10.6 Å². The third-order valence-electron chi connectivity index (χ3n) is 2.79. The number of amides is 1. The van der Waals surface area contributed by atoms with Gasteiger partial charge in [-0.05, 0) is 26.4 Å². The molecule has 2 saturated heterocycles. The molecule has 4 nitrogen and oxygen atoms in total. The number of rotatable bonds is 0. The van der Waals surface area contributed by atoms with Crippen molar-refractivity contribution in [3.63, 3.8) is 0 Å². The van der Waals surface area contributed by atoms with Crippen LogP contribution in [0.4, 0.5) is 0 Å². The summed E-state index contributed by atoms with van der Waals surface area (Å²) in [6.07, 6.45) is 2.08. The van der Waals surface area contributed by atoms with Crippen LogP contribution in [0.2, 0.25) is 0 Å². The van der Waals surface area contributed by atoms with Crippen LogP contribution in [-0.4, -0.2) is 43.2 Å². The molecular formula is C8H15N3O. The van der Waals surface area contributed by atoms with Crippen molar-refractivity contribution in [1.82, 2.24) is 15.5 Å². The van der Waals surface area contributed by atoms with Crippen LogP contribution in [0.25, 0.3) is 0 Å². The number of nitrogens with zero attached hydrogens (tertiary/aromatic N) is 1. The van der Waals surface area contributed by atoms with Gasteiger partial charge in [0.1, 0.15) is 5.54 Å². The van der Waals surface area contributed by atoms with Gasteiger partial charge in [-0.1, -0.05) is 0 Å². The SMILES string of the molecule is CN1CCCC2(C1)NCNC2=O. The molecule has 2 aliphatic rings. The van der Waals surface area contributed by atoms with Crippen molar-refractivity contribution in [1.29, 1.82) is 0 Å². The Morgan fingerprint density at radius 3 is 3.00 bits per heavy atom. The Labute approximate surface area is 72.3 Å². The number of hydrogen-bond donors (Lipinski definition) is 2. The first-order chi connectivity index (χ1) is 5.73. The second-order valence-corrected chi connectivity index (χ2v) is 3.78. The van der Waals surface area contributed by atoms with Crippen molar-refractivity contribution in [3.8, 4) is 0 Å². The van der Waals surface area contributed by atoms with Gasteiger partial charge in [0.15, 0.2) is 0 Å². The van der Waals surface area contributed by atoms with E-state index < -0.39 is 0 Å². The van der Waals surface area contributed by atoms with Gasteiger partial charge in [-0.3, -0.25) is 10.1 Å². The normalized spacial score (nSPS) is 37.2. The van der Waals surface area contributed by atoms with E-state index in [4.69, 9.17) is 0 Å². The molecule has 0 saturated carbocycles. The van der Waals surface area contributed by atoms with Crippen molar-refractivity contribution in [2.75, 3.05) is 26.8 Å². The second-order valence-electron chi connectivity index (χ2n) is 3.78. The maximum atomic E-state index is 11.5. The van der Waals surface area contributed by atoms with Crippen molar-refractivity contribution in [2.24, 2.45) is 0 Å². The van der Waals surface area contributed by atoms with Crippen LogP contribution in [0.3, 0.4) is 0 Å². The molecule has 1 atom stereocenters. The molecule has 1 unspecified atom stereocenters. The highest BCUT2D eigenvalue weighted by Gasteiger charge is 2.44. The molecule has 0 bridgehead atoms. The topological polar surface area (TPSA) is 44.4 Å². The Balaban J connectivity index is 2.13. The minimum Gasteiger partial charge on any atom is -0.342 e. The van der Waals surface area contributed by atoms with Crippen LogP contribution in [0.5, 0.6) is 0 Å². The summed E-state index contributed by atoms with van der Waals surface area (Å²) >= 11 is 0. The quantitative estimate of drug-likeness (QED) is 0.495. The van der Waals surface area contributed by atoms with Gasteiger partial charge in [0.25, 0.3) is 0 Å². The van der Waals surface area contributed by atoms with E-state index in [2.05, 4.69) is 22.6 Å². The lowest BCUT2D eigenvalue weighted by Gasteiger charge is -2.36. The number of hydrogen-bond acceptors (Lipinski definition) is 3. The molecule has 0 aromatic heterocycles. The molecule has 1 amide bonds. The van der Waals surface area contributed by atoms with Crippen LogP contribution in [0.15, 0.2) is 0 Å². The molecule has 2 heterocycles. The minimum absolute atomic E-state index is 0.175. The van der Waals surface area contributed by atoms with E-state index >= 15 is 0 Å². The summed E-state index contributed by atoms with van der Waals surface area (Å²) < 4.78 is 0. The highest BCUT2D eigenvalue weighted by molar-refractivity contribution is 5.88. The summed E-state index contributed by atoms with van der Waals surface area (Å²) in [6.45, 7) is 2.59. The molecule has 4 heteroatoms. The maximum absolute atomic E-state index is 11.5. The smallest absolute Gasteiger partial charge is 0.242 e. The van der Waals surface area contributed by atoms with Gasteiger partial charge in [0.2, 0.25) is 5.91 Å². The highest BCUT2D eigenvalue weighted by atomic mass is 16.2. The van der Waals surface area contributed by atoms with Gasteiger partial charge in [0.05, 0.1) is 6.67 Å².